The van der Waals surface area contributed by atoms with Crippen molar-refractivity contribution in [2.45, 2.75) is 69.6 Å². The first-order valence-corrected chi connectivity index (χ1v) is 22.0. The maximum Gasteiger partial charge on any atom is 0.261 e. The lowest BCUT2D eigenvalue weighted by molar-refractivity contribution is -0.116. The Labute approximate surface area is 365 Å². The van der Waals surface area contributed by atoms with Gasteiger partial charge >= 0.3 is 0 Å². The van der Waals surface area contributed by atoms with Crippen molar-refractivity contribution in [3.05, 3.63) is 124 Å². The third-order valence-electron chi connectivity index (χ3n) is 12.1. The Morgan fingerprint density at radius 1 is 0.790 bits per heavy atom. The molecule has 0 bridgehead atoms. The lowest BCUT2D eigenvalue weighted by atomic mass is 10.1. The molecule has 13 heteroatoms. The maximum absolute atomic E-state index is 14.0. The van der Waals surface area contributed by atoms with Crippen molar-refractivity contribution >= 4 is 64.1 Å². The van der Waals surface area contributed by atoms with Gasteiger partial charge in [-0.1, -0.05) is 50.2 Å². The summed E-state index contributed by atoms with van der Waals surface area (Å²) >= 11 is 1.73. The van der Waals surface area contributed by atoms with Crippen molar-refractivity contribution in [2.75, 3.05) is 47.5 Å². The smallest absolute Gasteiger partial charge is 0.261 e. The average molecular weight is 852 g/mol. The summed E-state index contributed by atoms with van der Waals surface area (Å²) in [6.45, 7) is 5.08. The molecule has 5 aromatic rings. The Morgan fingerprint density at radius 2 is 1.40 bits per heavy atom. The van der Waals surface area contributed by atoms with Crippen LogP contribution in [0.5, 0.6) is 23.0 Å². The highest BCUT2D eigenvalue weighted by atomic mass is 32.2. The van der Waals surface area contributed by atoms with Gasteiger partial charge in [0.2, 0.25) is 5.91 Å². The quantitative estimate of drug-likeness (QED) is 0.119. The van der Waals surface area contributed by atoms with E-state index in [1.807, 2.05) is 84.1 Å². The zero-order chi connectivity index (χ0) is 43.1. The van der Waals surface area contributed by atoms with Gasteiger partial charge in [-0.05, 0) is 83.8 Å². The molecule has 2 N–H and O–H groups in total. The molecular weight excluding hydrogens is 803 g/mol. The van der Waals surface area contributed by atoms with Crippen LogP contribution < -0.4 is 39.4 Å². The number of hydrogen-bond donors (Lipinski definition) is 2. The van der Waals surface area contributed by atoms with Crippen LogP contribution in [0, 0.1) is 0 Å². The summed E-state index contributed by atoms with van der Waals surface area (Å²) in [5, 5.41) is 6.59. The first-order chi connectivity index (χ1) is 30.0. The van der Waals surface area contributed by atoms with E-state index in [0.717, 1.165) is 40.0 Å². The van der Waals surface area contributed by atoms with Crippen LogP contribution in [-0.4, -0.2) is 67.8 Å². The minimum Gasteiger partial charge on any atom is -0.493 e. The van der Waals surface area contributed by atoms with E-state index in [-0.39, 0.29) is 47.8 Å². The molecule has 4 heterocycles. The number of thioether (sulfide) groups is 1. The number of nitrogens with one attached hydrogen (secondary N) is 2. The third kappa shape index (κ3) is 7.92. The number of carbonyl (C=O) groups excluding carboxylic acids is 3. The van der Waals surface area contributed by atoms with E-state index in [2.05, 4.69) is 30.5 Å². The lowest BCUT2D eigenvalue weighted by Gasteiger charge is -2.22. The molecular formula is C49H49N5O7S. The average Bonchev–Trinajstić information content (AvgIpc) is 3.77. The van der Waals surface area contributed by atoms with E-state index in [1.54, 1.807) is 49.1 Å². The molecule has 62 heavy (non-hydrogen) atoms. The number of benzene rings is 5. The highest BCUT2D eigenvalue weighted by molar-refractivity contribution is 7.99. The van der Waals surface area contributed by atoms with Crippen LogP contribution >= 0.6 is 11.8 Å². The molecule has 0 radical (unpaired) electrons. The number of nitrogens with zero attached hydrogens (tertiary/aromatic N) is 3. The van der Waals surface area contributed by atoms with Crippen molar-refractivity contribution in [1.29, 1.82) is 0 Å². The number of methoxy groups -OCH3 is 2. The van der Waals surface area contributed by atoms with Crippen LogP contribution in [0.1, 0.15) is 69.7 Å². The van der Waals surface area contributed by atoms with Crippen molar-refractivity contribution in [3.8, 4) is 23.0 Å². The van der Waals surface area contributed by atoms with Crippen molar-refractivity contribution < 1.29 is 33.3 Å². The van der Waals surface area contributed by atoms with Gasteiger partial charge < -0.3 is 34.5 Å². The summed E-state index contributed by atoms with van der Waals surface area (Å²) in [6.07, 6.45) is 6.42. The molecule has 4 aliphatic heterocycles. The Balaban J connectivity index is 0.969. The van der Waals surface area contributed by atoms with Gasteiger partial charge in [-0.2, -0.15) is 11.8 Å². The number of aliphatic imine (C=N–C) groups is 1. The number of fused-ring (bicyclic) bond motifs is 8. The summed E-state index contributed by atoms with van der Waals surface area (Å²) < 4.78 is 24.4. The number of rotatable bonds is 13. The van der Waals surface area contributed by atoms with Crippen molar-refractivity contribution in [1.82, 2.24) is 0 Å². The summed E-state index contributed by atoms with van der Waals surface area (Å²) in [7, 11) is 3.10. The normalized spacial score (nSPS) is 17.0. The zero-order valence-electron chi connectivity index (χ0n) is 35.4. The fraction of sp³-hybridized carbons (Fsp3) is 0.306. The number of amides is 3. The highest BCUT2D eigenvalue weighted by Crippen LogP contribution is 2.43. The minimum atomic E-state index is -0.187. The van der Waals surface area contributed by atoms with Gasteiger partial charge in [0.05, 0.1) is 48.8 Å². The van der Waals surface area contributed by atoms with Gasteiger partial charge in [0.1, 0.15) is 13.2 Å². The number of hydrogen-bond acceptors (Lipinski definition) is 10. The van der Waals surface area contributed by atoms with E-state index in [9.17, 15) is 14.4 Å². The molecule has 9 rings (SSSR count). The SMILES string of the molecule is COc1cc2c(cc1OCc1cc(COc3cc4c(cc3OC)C(=O)N3c5ccccc5C[C@H]3CN4)cc(NC(=O)CCC(C)(C)SC)c1)N=C[C@@H]1Cc3ccccc3N1C2=O. The number of carbonyl (C=O) groups is 3. The van der Waals surface area contributed by atoms with E-state index < -0.39 is 0 Å². The molecule has 0 spiro atoms. The van der Waals surface area contributed by atoms with Crippen LogP contribution in [0.2, 0.25) is 0 Å². The fourth-order valence-corrected chi connectivity index (χ4v) is 8.97. The maximum atomic E-state index is 14.0. The molecule has 0 aliphatic carbocycles. The van der Waals surface area contributed by atoms with E-state index in [0.29, 0.717) is 77.0 Å². The molecule has 318 valence electrons. The zero-order valence-corrected chi connectivity index (χ0v) is 36.3. The first kappa shape index (κ1) is 40.9. The lowest BCUT2D eigenvalue weighted by Crippen LogP contribution is -2.39. The molecule has 0 aromatic heterocycles. The summed E-state index contributed by atoms with van der Waals surface area (Å²) in [5.74, 6) is 1.38. The second kappa shape index (κ2) is 16.8. The van der Waals surface area contributed by atoms with Gasteiger partial charge in [-0.3, -0.25) is 24.3 Å². The molecule has 5 aromatic carbocycles. The number of para-hydroxylation sites is 2. The van der Waals surface area contributed by atoms with Crippen LogP contribution in [0.4, 0.5) is 28.4 Å². The standard InChI is InChI=1S/C49H49N5O7S/c1-49(2,62-5)15-14-46(55)52-33-17-29(27-60-44-23-38-36(21-42(44)58-3)47(56)53-34(25-50-38)19-31-10-6-8-12-40(31)53)16-30(18-33)28-61-45-24-39-37(22-43(45)59-4)48(57)54-35(26-51-39)20-32-11-7-9-13-41(32)54/h6-13,16-18,21-25,34-35,51H,14-15,19-20,26-28H2,1-5H3,(H,52,55)/t34-,35-/m0/s1. The molecule has 2 atom stereocenters. The third-order valence-corrected chi connectivity index (χ3v) is 13.4. The van der Waals surface area contributed by atoms with Crippen LogP contribution in [0.15, 0.2) is 96.0 Å². The predicted molar refractivity (Wildman–Crippen MR) is 245 cm³/mol. The van der Waals surface area contributed by atoms with Gasteiger partial charge in [-0.15, -0.1) is 0 Å². The Bertz CT molecular complexity index is 2630. The second-order valence-electron chi connectivity index (χ2n) is 16.6. The topological polar surface area (TPSA) is 131 Å². The summed E-state index contributed by atoms with van der Waals surface area (Å²) in [6, 6.07) is 28.5. The molecule has 4 aliphatic rings. The first-order valence-electron chi connectivity index (χ1n) is 20.8. The molecule has 0 fully saturated rings. The minimum absolute atomic E-state index is 0.00934. The Hall–Kier alpha value is -6.47. The van der Waals surface area contributed by atoms with Gasteiger partial charge in [0, 0.05) is 59.5 Å². The van der Waals surface area contributed by atoms with Gasteiger partial charge in [0.25, 0.3) is 11.8 Å². The monoisotopic (exact) mass is 851 g/mol. The Kier molecular flexibility index (Phi) is 11.1. The highest BCUT2D eigenvalue weighted by Gasteiger charge is 2.39. The van der Waals surface area contributed by atoms with Crippen LogP contribution in [-0.2, 0) is 30.8 Å². The van der Waals surface area contributed by atoms with Crippen LogP contribution in [0.3, 0.4) is 0 Å². The number of ether oxygens (including phenoxy) is 4. The van der Waals surface area contributed by atoms with E-state index in [1.165, 1.54) is 0 Å². The van der Waals surface area contributed by atoms with Crippen LogP contribution in [0.25, 0.3) is 0 Å². The molecule has 12 nitrogen and oxygen atoms in total. The molecule has 0 unspecified atom stereocenters. The van der Waals surface area contributed by atoms with E-state index in [4.69, 9.17) is 23.9 Å². The molecule has 3 amide bonds. The molecule has 0 saturated heterocycles. The molecule has 0 saturated carbocycles. The van der Waals surface area contributed by atoms with Gasteiger partial charge in [0.15, 0.2) is 23.0 Å². The second-order valence-corrected chi connectivity index (χ2v) is 18.1. The van der Waals surface area contributed by atoms with Gasteiger partial charge in [-0.25, -0.2) is 0 Å². The summed E-state index contributed by atoms with van der Waals surface area (Å²) in [5.41, 5.74) is 8.34. The summed E-state index contributed by atoms with van der Waals surface area (Å²) in [4.78, 5) is 49.7. The fourth-order valence-electron chi connectivity index (χ4n) is 8.66. The van der Waals surface area contributed by atoms with Crippen molar-refractivity contribution in [3.63, 3.8) is 0 Å². The largest absolute Gasteiger partial charge is 0.493 e. The predicted octanol–water partition coefficient (Wildman–Crippen LogP) is 9.01. The Morgan fingerprint density at radius 3 is 2.08 bits per heavy atom. The van der Waals surface area contributed by atoms with E-state index >= 15 is 0 Å². The van der Waals surface area contributed by atoms with Crippen molar-refractivity contribution in [2.24, 2.45) is 4.99 Å². The number of anilines is 4.